The van der Waals surface area contributed by atoms with Crippen LogP contribution < -0.4 is 0 Å². The van der Waals surface area contributed by atoms with Gasteiger partial charge in [0.05, 0.1) is 18.8 Å². The number of rotatable bonds is 7. The molecule has 0 aliphatic heterocycles. The first-order chi connectivity index (χ1) is 10.8. The van der Waals surface area contributed by atoms with Gasteiger partial charge in [0, 0.05) is 18.0 Å². The van der Waals surface area contributed by atoms with Crippen LogP contribution in [-0.4, -0.2) is 31.2 Å². The summed E-state index contributed by atoms with van der Waals surface area (Å²) in [5, 5.41) is 3.59. The standard InChI is InChI=1S/C12H16F3N2O4PS/c1-4-19-22(23,20-5-2)21-11(17-18-3)10-7-6-9(8-16-10)12(13,14)15/h6-8H,4-5H2,1-3H3. The fourth-order valence-electron chi connectivity index (χ4n) is 1.39. The van der Waals surface area contributed by atoms with Gasteiger partial charge < -0.3 is 9.36 Å². The molecule has 0 N–H and O–H groups in total. The largest absolute Gasteiger partial charge is 0.417 e. The van der Waals surface area contributed by atoms with Crippen LogP contribution in [0.1, 0.15) is 25.1 Å². The van der Waals surface area contributed by atoms with Gasteiger partial charge in [-0.05, 0) is 31.1 Å². The van der Waals surface area contributed by atoms with E-state index in [0.717, 1.165) is 12.1 Å². The summed E-state index contributed by atoms with van der Waals surface area (Å²) < 4.78 is 53.7. The molecule has 0 saturated carbocycles. The van der Waals surface area contributed by atoms with E-state index in [4.69, 9.17) is 25.4 Å². The molecule has 6 nitrogen and oxygen atoms in total. The summed E-state index contributed by atoms with van der Waals surface area (Å²) in [4.78, 5) is 8.29. The van der Waals surface area contributed by atoms with Gasteiger partial charge in [0.15, 0.2) is 0 Å². The van der Waals surface area contributed by atoms with Crippen LogP contribution in [0, 0.1) is 0 Å². The van der Waals surface area contributed by atoms with Gasteiger partial charge in [-0.1, -0.05) is 0 Å². The van der Waals surface area contributed by atoms with E-state index < -0.39 is 18.5 Å². The van der Waals surface area contributed by atoms with Gasteiger partial charge >= 0.3 is 12.9 Å². The zero-order valence-corrected chi connectivity index (χ0v) is 14.4. The Balaban J connectivity index is 3.07. The van der Waals surface area contributed by atoms with E-state index in [1.807, 2.05) is 0 Å². The minimum atomic E-state index is -4.49. The molecule has 0 spiro atoms. The summed E-state index contributed by atoms with van der Waals surface area (Å²) in [6.07, 6.45) is -3.83. The van der Waals surface area contributed by atoms with Crippen LogP contribution in [0.15, 0.2) is 23.5 Å². The highest BCUT2D eigenvalue weighted by Crippen LogP contribution is 2.50. The lowest BCUT2D eigenvalue weighted by Gasteiger charge is -2.21. The first-order valence-corrected chi connectivity index (χ1v) is 9.04. The average Bonchev–Trinajstić information content (AvgIpc) is 2.46. The number of hydrogen-bond donors (Lipinski definition) is 0. The first kappa shape index (κ1) is 19.8. The summed E-state index contributed by atoms with van der Waals surface area (Å²) in [6, 6.07) is 1.94. The van der Waals surface area contributed by atoms with Gasteiger partial charge in [0.2, 0.25) is 0 Å². The van der Waals surface area contributed by atoms with E-state index in [1.165, 1.54) is 7.11 Å². The number of aromatic nitrogens is 1. The molecular weight excluding hydrogens is 356 g/mol. The summed E-state index contributed by atoms with van der Waals surface area (Å²) in [7, 11) is 1.25. The molecule has 130 valence electrons. The second-order valence-electron chi connectivity index (χ2n) is 3.88. The molecule has 0 saturated heterocycles. The second kappa shape index (κ2) is 8.58. The van der Waals surface area contributed by atoms with Crippen molar-refractivity contribution in [1.29, 1.82) is 0 Å². The minimum Gasteiger partial charge on any atom is -0.400 e. The molecule has 1 aromatic heterocycles. The Labute approximate surface area is 136 Å². The van der Waals surface area contributed by atoms with E-state index >= 15 is 0 Å². The molecule has 0 aromatic carbocycles. The Bertz CT molecular complexity index is 571. The molecule has 11 heteroatoms. The molecule has 0 atom stereocenters. The predicted molar refractivity (Wildman–Crippen MR) is 81.4 cm³/mol. The van der Waals surface area contributed by atoms with Gasteiger partial charge in [-0.15, -0.1) is 0 Å². The third-order valence-corrected chi connectivity index (χ3v) is 4.66. The Kier molecular flexibility index (Phi) is 7.40. The predicted octanol–water partition coefficient (Wildman–Crippen LogP) is 3.72. The Morgan fingerprint density at radius 1 is 1.26 bits per heavy atom. The third kappa shape index (κ3) is 6.06. The maximum atomic E-state index is 12.6. The maximum absolute atomic E-state index is 12.6. The molecule has 0 amide bonds. The summed E-state index contributed by atoms with van der Waals surface area (Å²) in [5.74, 6) is -0.216. The highest BCUT2D eigenvalue weighted by atomic mass is 32.5. The summed E-state index contributed by atoms with van der Waals surface area (Å²) >= 11 is 5.18. The molecule has 0 unspecified atom stereocenters. The van der Waals surface area contributed by atoms with Crippen molar-refractivity contribution >= 4 is 24.4 Å². The van der Waals surface area contributed by atoms with Crippen molar-refractivity contribution in [3.63, 3.8) is 0 Å². The Morgan fingerprint density at radius 2 is 1.87 bits per heavy atom. The zero-order valence-electron chi connectivity index (χ0n) is 12.7. The van der Waals surface area contributed by atoms with E-state index in [-0.39, 0.29) is 24.8 Å². The molecule has 0 aliphatic rings. The molecule has 0 aliphatic carbocycles. The molecule has 0 radical (unpaired) electrons. The van der Waals surface area contributed by atoms with Gasteiger partial charge in [0.25, 0.3) is 5.90 Å². The van der Waals surface area contributed by atoms with Crippen molar-refractivity contribution in [1.82, 2.24) is 4.98 Å². The lowest BCUT2D eigenvalue weighted by Crippen LogP contribution is -2.12. The fourth-order valence-corrected chi connectivity index (χ4v) is 3.39. The fraction of sp³-hybridized carbons (Fsp3) is 0.500. The Hall–Kier alpha value is -1.22. The minimum absolute atomic E-state index is 0.00785. The molecule has 1 rings (SSSR count). The van der Waals surface area contributed by atoms with E-state index in [0.29, 0.717) is 6.20 Å². The van der Waals surface area contributed by atoms with Crippen LogP contribution >= 0.6 is 6.72 Å². The monoisotopic (exact) mass is 372 g/mol. The van der Waals surface area contributed by atoms with Crippen molar-refractivity contribution in [2.75, 3.05) is 20.3 Å². The number of hydrogen-bond acceptors (Lipinski definition) is 7. The lowest BCUT2D eigenvalue weighted by atomic mass is 10.2. The number of pyridine rings is 1. The van der Waals surface area contributed by atoms with Gasteiger partial charge in [-0.2, -0.15) is 13.2 Å². The number of oxime groups is 1. The third-order valence-electron chi connectivity index (χ3n) is 2.26. The molecule has 23 heavy (non-hydrogen) atoms. The van der Waals surface area contributed by atoms with Gasteiger partial charge in [-0.3, -0.25) is 14.0 Å². The van der Waals surface area contributed by atoms with Crippen molar-refractivity contribution < 1.29 is 31.6 Å². The van der Waals surface area contributed by atoms with Gasteiger partial charge in [-0.25, -0.2) is 0 Å². The maximum Gasteiger partial charge on any atom is 0.417 e. The van der Waals surface area contributed by atoms with Crippen molar-refractivity contribution in [2.45, 2.75) is 20.0 Å². The van der Waals surface area contributed by atoms with E-state index in [1.54, 1.807) is 13.8 Å². The van der Waals surface area contributed by atoms with Crippen molar-refractivity contribution in [2.24, 2.45) is 5.16 Å². The SMILES string of the molecule is CCOP(=S)(OCC)OC(=NOC)c1ccc(C(F)(F)F)cn1. The smallest absolute Gasteiger partial charge is 0.400 e. The van der Waals surface area contributed by atoms with Gasteiger partial charge in [0.1, 0.15) is 12.8 Å². The zero-order chi connectivity index (χ0) is 17.5. The first-order valence-electron chi connectivity index (χ1n) is 6.49. The summed E-state index contributed by atoms with van der Waals surface area (Å²) in [6.45, 7) is 0.716. The number of halogens is 3. The normalized spacial score (nSPS) is 13.0. The van der Waals surface area contributed by atoms with Crippen LogP contribution in [0.25, 0.3) is 0 Å². The molecular formula is C12H16F3N2O4PS. The average molecular weight is 372 g/mol. The second-order valence-corrected chi connectivity index (χ2v) is 6.82. The van der Waals surface area contributed by atoms with Crippen molar-refractivity contribution in [3.8, 4) is 0 Å². The van der Waals surface area contributed by atoms with Crippen molar-refractivity contribution in [3.05, 3.63) is 29.6 Å². The summed E-state index contributed by atoms with van der Waals surface area (Å²) in [5.41, 5.74) is -0.888. The van der Waals surface area contributed by atoms with Crippen LogP contribution in [-0.2, 0) is 36.4 Å². The highest BCUT2D eigenvalue weighted by Gasteiger charge is 2.31. The van der Waals surface area contributed by atoms with Crippen LogP contribution in [0.4, 0.5) is 13.2 Å². The van der Waals surface area contributed by atoms with Crippen LogP contribution in [0.5, 0.6) is 0 Å². The highest BCUT2D eigenvalue weighted by molar-refractivity contribution is 8.07. The van der Waals surface area contributed by atoms with E-state index in [9.17, 15) is 13.2 Å². The molecule has 0 bridgehead atoms. The number of alkyl halides is 3. The quantitative estimate of drug-likeness (QED) is 0.315. The van der Waals surface area contributed by atoms with Crippen LogP contribution in [0.3, 0.4) is 0 Å². The molecule has 1 heterocycles. The van der Waals surface area contributed by atoms with Crippen LogP contribution in [0.2, 0.25) is 0 Å². The van der Waals surface area contributed by atoms with E-state index in [2.05, 4.69) is 15.0 Å². The molecule has 0 fully saturated rings. The lowest BCUT2D eigenvalue weighted by molar-refractivity contribution is -0.137. The topological polar surface area (TPSA) is 62.2 Å². The Morgan fingerprint density at radius 3 is 2.26 bits per heavy atom. The number of nitrogens with zero attached hydrogens (tertiary/aromatic N) is 2. The molecule has 1 aromatic rings.